The molecule has 5 nitrogen and oxygen atoms in total. The van der Waals surface area contributed by atoms with Crippen LogP contribution in [0.4, 0.5) is 5.13 Å². The topological polar surface area (TPSA) is 69.1 Å². The average Bonchev–Trinajstić information content (AvgIpc) is 2.22. The molecule has 6 heteroatoms. The van der Waals surface area contributed by atoms with Crippen molar-refractivity contribution in [2.75, 3.05) is 5.73 Å². The van der Waals surface area contributed by atoms with E-state index < -0.39 is 0 Å². The van der Waals surface area contributed by atoms with Crippen LogP contribution in [-0.2, 0) is 0 Å². The number of hydrogen-bond donors (Lipinski definition) is 1. The van der Waals surface area contributed by atoms with E-state index in [9.17, 15) is 0 Å². The number of nitrogens with two attached hydrogens (primary N) is 1. The van der Waals surface area contributed by atoms with Crippen LogP contribution in [0.15, 0.2) is 6.33 Å². The highest BCUT2D eigenvalue weighted by molar-refractivity contribution is 7.20. The van der Waals surface area contributed by atoms with Crippen LogP contribution in [0.1, 0.15) is 0 Å². The molecule has 0 bridgehead atoms. The minimum atomic E-state index is 0.514. The first kappa shape index (κ1) is 4.68. The third-order valence-corrected chi connectivity index (χ3v) is 1.64. The molecule has 0 aliphatic carbocycles. The Morgan fingerprint density at radius 1 is 1.67 bits per heavy atom. The van der Waals surface area contributed by atoms with Crippen molar-refractivity contribution in [3.63, 3.8) is 0 Å². The second-order valence-corrected chi connectivity index (χ2v) is 2.49. The molecule has 2 rings (SSSR count). The van der Waals surface area contributed by atoms with Crippen molar-refractivity contribution in [1.29, 1.82) is 0 Å². The Hall–Kier alpha value is -1.17. The Balaban J connectivity index is 2.92. The number of aromatic nitrogens is 4. The fraction of sp³-hybridized carbons (Fsp3) is 0. The van der Waals surface area contributed by atoms with E-state index in [1.54, 1.807) is 4.52 Å². The Morgan fingerprint density at radius 2 is 2.56 bits per heavy atom. The molecular formula is C3H3N5S. The lowest BCUT2D eigenvalue weighted by molar-refractivity contribution is 0.962. The number of nitrogens with zero attached hydrogens (tertiary/aromatic N) is 4. The lowest BCUT2D eigenvalue weighted by Gasteiger charge is -1.71. The van der Waals surface area contributed by atoms with E-state index >= 15 is 0 Å². The summed E-state index contributed by atoms with van der Waals surface area (Å²) in [5.74, 6) is 0. The van der Waals surface area contributed by atoms with Crippen LogP contribution in [-0.4, -0.2) is 19.8 Å². The van der Waals surface area contributed by atoms with Gasteiger partial charge in [0.15, 0.2) is 0 Å². The van der Waals surface area contributed by atoms with Crippen molar-refractivity contribution < 1.29 is 0 Å². The van der Waals surface area contributed by atoms with Crippen molar-refractivity contribution in [3.05, 3.63) is 6.33 Å². The highest BCUT2D eigenvalue weighted by atomic mass is 32.1. The first-order chi connectivity index (χ1) is 4.36. The Labute approximate surface area is 54.1 Å². The van der Waals surface area contributed by atoms with Crippen molar-refractivity contribution >= 4 is 21.4 Å². The molecule has 0 aromatic carbocycles. The zero-order valence-electron chi connectivity index (χ0n) is 4.35. The molecule has 2 heterocycles. The second-order valence-electron chi connectivity index (χ2n) is 1.50. The molecule has 0 aliphatic heterocycles. The SMILES string of the molecule is Nc1nn2cnnc2s1. The fourth-order valence-electron chi connectivity index (χ4n) is 0.575. The number of hydrogen-bond acceptors (Lipinski definition) is 5. The van der Waals surface area contributed by atoms with Gasteiger partial charge in [0.1, 0.15) is 6.33 Å². The number of rotatable bonds is 0. The van der Waals surface area contributed by atoms with E-state index in [0.29, 0.717) is 5.13 Å². The highest BCUT2D eigenvalue weighted by Crippen LogP contribution is 2.11. The molecule has 0 atom stereocenters. The number of anilines is 1. The quantitative estimate of drug-likeness (QED) is 0.550. The molecule has 0 spiro atoms. The Morgan fingerprint density at radius 3 is 3.33 bits per heavy atom. The van der Waals surface area contributed by atoms with E-state index in [1.165, 1.54) is 17.7 Å². The maximum Gasteiger partial charge on any atom is 0.236 e. The molecule has 0 radical (unpaired) electrons. The van der Waals surface area contributed by atoms with Crippen LogP contribution in [0.25, 0.3) is 4.96 Å². The second kappa shape index (κ2) is 1.41. The van der Waals surface area contributed by atoms with E-state index in [2.05, 4.69) is 15.3 Å². The van der Waals surface area contributed by atoms with Gasteiger partial charge in [0.25, 0.3) is 0 Å². The lowest BCUT2D eigenvalue weighted by Crippen LogP contribution is -1.85. The standard InChI is InChI=1S/C3H3N5S/c4-2-7-8-1-5-6-3(8)9-2/h1H,(H2,4,7). The molecule has 0 saturated carbocycles. The number of fused-ring (bicyclic) bond motifs is 1. The summed E-state index contributed by atoms with van der Waals surface area (Å²) in [5.41, 5.74) is 5.35. The van der Waals surface area contributed by atoms with E-state index in [-0.39, 0.29) is 0 Å². The van der Waals surface area contributed by atoms with Gasteiger partial charge in [-0.3, -0.25) is 0 Å². The minimum absolute atomic E-state index is 0.514. The monoisotopic (exact) mass is 141 g/mol. The zero-order chi connectivity index (χ0) is 6.27. The molecule has 0 aliphatic rings. The van der Waals surface area contributed by atoms with Crippen molar-refractivity contribution in [2.24, 2.45) is 0 Å². The molecule has 2 aromatic rings. The summed E-state index contributed by atoms with van der Waals surface area (Å²) in [7, 11) is 0. The van der Waals surface area contributed by atoms with Gasteiger partial charge in [0.05, 0.1) is 0 Å². The van der Waals surface area contributed by atoms with Gasteiger partial charge in [-0.1, -0.05) is 11.3 Å². The lowest BCUT2D eigenvalue weighted by atomic mass is 11.2. The molecule has 0 unspecified atom stereocenters. The van der Waals surface area contributed by atoms with Gasteiger partial charge in [-0.15, -0.1) is 15.3 Å². The molecule has 0 saturated heterocycles. The average molecular weight is 141 g/mol. The van der Waals surface area contributed by atoms with Crippen molar-refractivity contribution in [1.82, 2.24) is 19.8 Å². The molecular weight excluding hydrogens is 138 g/mol. The van der Waals surface area contributed by atoms with Gasteiger partial charge in [-0.25, -0.2) is 0 Å². The van der Waals surface area contributed by atoms with E-state index in [4.69, 9.17) is 5.73 Å². The van der Waals surface area contributed by atoms with Crippen LogP contribution >= 0.6 is 11.3 Å². The van der Waals surface area contributed by atoms with Gasteiger partial charge >= 0.3 is 0 Å². The van der Waals surface area contributed by atoms with Gasteiger partial charge in [-0.05, 0) is 0 Å². The van der Waals surface area contributed by atoms with Crippen LogP contribution in [0.2, 0.25) is 0 Å². The Kier molecular flexibility index (Phi) is 0.734. The molecule has 46 valence electrons. The maximum atomic E-state index is 5.35. The summed E-state index contributed by atoms with van der Waals surface area (Å²) >= 11 is 1.31. The summed E-state index contributed by atoms with van der Waals surface area (Å²) in [4.78, 5) is 0.729. The smallest absolute Gasteiger partial charge is 0.236 e. The van der Waals surface area contributed by atoms with Gasteiger partial charge in [0.2, 0.25) is 10.1 Å². The summed E-state index contributed by atoms with van der Waals surface area (Å²) in [5, 5.41) is 11.7. The molecule has 2 N–H and O–H groups in total. The first-order valence-electron chi connectivity index (χ1n) is 2.28. The van der Waals surface area contributed by atoms with Crippen molar-refractivity contribution in [2.45, 2.75) is 0 Å². The predicted octanol–water partition coefficient (Wildman–Crippen LogP) is -0.232. The first-order valence-corrected chi connectivity index (χ1v) is 3.10. The number of nitrogen functional groups attached to an aromatic ring is 1. The van der Waals surface area contributed by atoms with Crippen LogP contribution < -0.4 is 5.73 Å². The van der Waals surface area contributed by atoms with Gasteiger partial charge in [0, 0.05) is 0 Å². The summed E-state index contributed by atoms with van der Waals surface area (Å²) in [6.45, 7) is 0. The summed E-state index contributed by atoms with van der Waals surface area (Å²) in [6.07, 6.45) is 1.52. The predicted molar refractivity (Wildman–Crippen MR) is 33.1 cm³/mol. The molecule has 0 fully saturated rings. The third-order valence-electron chi connectivity index (χ3n) is 0.902. The van der Waals surface area contributed by atoms with E-state index in [0.717, 1.165) is 4.96 Å². The van der Waals surface area contributed by atoms with E-state index in [1.807, 2.05) is 0 Å². The van der Waals surface area contributed by atoms with Crippen molar-refractivity contribution in [3.8, 4) is 0 Å². The summed E-state index contributed by atoms with van der Waals surface area (Å²) < 4.78 is 1.54. The molecule has 2 aromatic heterocycles. The minimum Gasteiger partial charge on any atom is -0.374 e. The summed E-state index contributed by atoms with van der Waals surface area (Å²) in [6, 6.07) is 0. The molecule has 9 heavy (non-hydrogen) atoms. The normalized spacial score (nSPS) is 10.7. The highest BCUT2D eigenvalue weighted by Gasteiger charge is 1.98. The van der Waals surface area contributed by atoms with Gasteiger partial charge < -0.3 is 5.73 Å². The maximum absolute atomic E-state index is 5.35. The fourth-order valence-corrected chi connectivity index (χ4v) is 1.16. The third kappa shape index (κ3) is 0.563. The van der Waals surface area contributed by atoms with Crippen LogP contribution in [0.5, 0.6) is 0 Å². The Bertz CT molecular complexity index is 293. The van der Waals surface area contributed by atoms with Crippen LogP contribution in [0, 0.1) is 0 Å². The van der Waals surface area contributed by atoms with Crippen LogP contribution in [0.3, 0.4) is 0 Å². The zero-order valence-corrected chi connectivity index (χ0v) is 5.17. The largest absolute Gasteiger partial charge is 0.374 e. The molecule has 0 amide bonds. The van der Waals surface area contributed by atoms with Gasteiger partial charge in [-0.2, -0.15) is 4.52 Å².